The first-order valence-electron chi connectivity index (χ1n) is 9.79. The lowest BCUT2D eigenvalue weighted by Crippen LogP contribution is -2.37. The molecule has 0 atom stereocenters. The second-order valence-electron chi connectivity index (χ2n) is 7.02. The van der Waals surface area contributed by atoms with Gasteiger partial charge in [0.05, 0.1) is 26.0 Å². The molecule has 0 saturated carbocycles. The van der Waals surface area contributed by atoms with Gasteiger partial charge in [-0.15, -0.1) is 0 Å². The summed E-state index contributed by atoms with van der Waals surface area (Å²) in [6.45, 7) is 7.72. The second-order valence-corrected chi connectivity index (χ2v) is 7.02. The first-order valence-corrected chi connectivity index (χ1v) is 9.79. The molecule has 3 heterocycles. The minimum absolute atomic E-state index is 0.808. The van der Waals surface area contributed by atoms with Crippen LogP contribution >= 0.6 is 0 Å². The van der Waals surface area contributed by atoms with Crippen molar-refractivity contribution in [3.05, 3.63) is 42.1 Å². The van der Waals surface area contributed by atoms with E-state index in [4.69, 9.17) is 14.6 Å². The summed E-state index contributed by atoms with van der Waals surface area (Å²) in [7, 11) is 1.68. The summed E-state index contributed by atoms with van der Waals surface area (Å²) in [4.78, 5) is 7.09. The number of hydrogen-bond donors (Lipinski definition) is 1. The third kappa shape index (κ3) is 4.10. The number of benzene rings is 1. The number of methoxy groups -OCH3 is 1. The fraction of sp³-hybridized carbons (Fsp3) is 0.429. The fourth-order valence-electron chi connectivity index (χ4n) is 3.56. The molecule has 7 nitrogen and oxygen atoms in total. The van der Waals surface area contributed by atoms with Crippen molar-refractivity contribution >= 4 is 11.5 Å². The molecule has 0 radical (unpaired) electrons. The monoisotopic (exact) mass is 381 g/mol. The van der Waals surface area contributed by atoms with Gasteiger partial charge in [0.2, 0.25) is 0 Å². The summed E-state index contributed by atoms with van der Waals surface area (Å²) >= 11 is 0. The van der Waals surface area contributed by atoms with Crippen LogP contribution in [0.1, 0.15) is 12.1 Å². The number of aryl methyl sites for hydroxylation is 1. The molecule has 28 heavy (non-hydrogen) atoms. The van der Waals surface area contributed by atoms with Gasteiger partial charge in [0.15, 0.2) is 5.65 Å². The Labute approximate surface area is 165 Å². The number of para-hydroxylation sites is 1. The van der Waals surface area contributed by atoms with Crippen molar-refractivity contribution in [1.82, 2.24) is 19.5 Å². The van der Waals surface area contributed by atoms with E-state index in [1.54, 1.807) is 7.11 Å². The van der Waals surface area contributed by atoms with E-state index in [0.717, 1.165) is 80.0 Å². The van der Waals surface area contributed by atoms with Crippen molar-refractivity contribution in [3.8, 4) is 17.0 Å². The maximum Gasteiger partial charge on any atom is 0.158 e. The van der Waals surface area contributed by atoms with E-state index < -0.39 is 0 Å². The van der Waals surface area contributed by atoms with Crippen LogP contribution in [0.3, 0.4) is 0 Å². The summed E-state index contributed by atoms with van der Waals surface area (Å²) in [6, 6.07) is 12.0. The Kier molecular flexibility index (Phi) is 5.73. The first-order chi connectivity index (χ1) is 13.7. The van der Waals surface area contributed by atoms with Gasteiger partial charge in [-0.05, 0) is 32.0 Å². The Balaban J connectivity index is 1.51. The molecule has 0 unspecified atom stereocenters. The van der Waals surface area contributed by atoms with Crippen molar-refractivity contribution < 1.29 is 9.47 Å². The number of hydrogen-bond acceptors (Lipinski definition) is 6. The molecule has 148 valence electrons. The largest absolute Gasteiger partial charge is 0.496 e. The number of anilines is 1. The van der Waals surface area contributed by atoms with Crippen LogP contribution in [0.2, 0.25) is 0 Å². The zero-order valence-electron chi connectivity index (χ0n) is 16.5. The van der Waals surface area contributed by atoms with E-state index in [2.05, 4.69) is 15.2 Å². The Hall–Kier alpha value is -2.64. The van der Waals surface area contributed by atoms with Crippen LogP contribution in [-0.2, 0) is 4.74 Å². The summed E-state index contributed by atoms with van der Waals surface area (Å²) in [5.74, 6) is 1.77. The maximum absolute atomic E-state index is 5.49. The molecular formula is C21H27N5O2. The Morgan fingerprint density at radius 3 is 2.82 bits per heavy atom. The summed E-state index contributed by atoms with van der Waals surface area (Å²) in [5.41, 5.74) is 3.62. The van der Waals surface area contributed by atoms with Crippen molar-refractivity contribution in [3.63, 3.8) is 0 Å². The quantitative estimate of drug-likeness (QED) is 0.635. The maximum atomic E-state index is 5.49. The molecule has 0 spiro atoms. The predicted octanol–water partition coefficient (Wildman–Crippen LogP) is 2.85. The highest BCUT2D eigenvalue weighted by Crippen LogP contribution is 2.29. The molecule has 1 aromatic carbocycles. The van der Waals surface area contributed by atoms with E-state index in [-0.39, 0.29) is 0 Å². The molecule has 0 bridgehead atoms. The minimum atomic E-state index is 0.808. The highest BCUT2D eigenvalue weighted by molar-refractivity contribution is 5.71. The zero-order valence-corrected chi connectivity index (χ0v) is 16.5. The molecule has 1 fully saturated rings. The molecule has 0 aliphatic carbocycles. The standard InChI is InChI=1S/C21H27N5O2/c1-16-14-20(22-8-5-9-25-10-12-28-13-11-25)26-21(23-16)15-18(24-26)17-6-3-4-7-19(17)27-2/h3-4,6-7,14-15,22H,5,8-13H2,1-2H3. The van der Waals surface area contributed by atoms with Gasteiger partial charge in [-0.1, -0.05) is 12.1 Å². The molecule has 4 rings (SSSR count). The van der Waals surface area contributed by atoms with Crippen LogP contribution in [0.5, 0.6) is 5.75 Å². The minimum Gasteiger partial charge on any atom is -0.496 e. The van der Waals surface area contributed by atoms with Crippen molar-refractivity contribution in [2.75, 3.05) is 51.8 Å². The summed E-state index contributed by atoms with van der Waals surface area (Å²) in [6.07, 6.45) is 1.07. The van der Waals surface area contributed by atoms with E-state index in [1.165, 1.54) is 0 Å². The Morgan fingerprint density at radius 1 is 1.18 bits per heavy atom. The number of rotatable bonds is 7. The van der Waals surface area contributed by atoms with Gasteiger partial charge in [0.25, 0.3) is 0 Å². The predicted molar refractivity (Wildman–Crippen MR) is 110 cm³/mol. The van der Waals surface area contributed by atoms with Crippen molar-refractivity contribution in [2.24, 2.45) is 0 Å². The van der Waals surface area contributed by atoms with Crippen molar-refractivity contribution in [2.45, 2.75) is 13.3 Å². The molecule has 0 amide bonds. The van der Waals surface area contributed by atoms with Gasteiger partial charge in [0, 0.05) is 43.0 Å². The number of nitrogens with zero attached hydrogens (tertiary/aromatic N) is 4. The second kappa shape index (κ2) is 8.58. The first kappa shape index (κ1) is 18.7. The Morgan fingerprint density at radius 2 is 2.00 bits per heavy atom. The topological polar surface area (TPSA) is 63.9 Å². The van der Waals surface area contributed by atoms with E-state index in [9.17, 15) is 0 Å². The third-order valence-electron chi connectivity index (χ3n) is 5.00. The van der Waals surface area contributed by atoms with Crippen LogP contribution in [0.15, 0.2) is 36.4 Å². The van der Waals surface area contributed by atoms with Gasteiger partial charge >= 0.3 is 0 Å². The molecule has 1 aliphatic rings. The van der Waals surface area contributed by atoms with Gasteiger partial charge in [0.1, 0.15) is 11.6 Å². The fourth-order valence-corrected chi connectivity index (χ4v) is 3.56. The SMILES string of the molecule is COc1ccccc1-c1cc2nc(C)cc(NCCCN3CCOCC3)n2n1. The lowest BCUT2D eigenvalue weighted by molar-refractivity contribution is 0.0378. The number of nitrogens with one attached hydrogen (secondary N) is 1. The lowest BCUT2D eigenvalue weighted by atomic mass is 10.1. The molecule has 1 N–H and O–H groups in total. The molecule has 2 aromatic heterocycles. The average Bonchev–Trinajstić information content (AvgIpc) is 3.15. The van der Waals surface area contributed by atoms with E-state index >= 15 is 0 Å². The van der Waals surface area contributed by atoms with Gasteiger partial charge in [-0.3, -0.25) is 4.90 Å². The highest BCUT2D eigenvalue weighted by Gasteiger charge is 2.13. The van der Waals surface area contributed by atoms with Crippen LogP contribution < -0.4 is 10.1 Å². The van der Waals surface area contributed by atoms with Gasteiger partial charge in [-0.25, -0.2) is 4.98 Å². The molecule has 3 aromatic rings. The van der Waals surface area contributed by atoms with Crippen molar-refractivity contribution in [1.29, 1.82) is 0 Å². The normalized spacial score (nSPS) is 15.1. The van der Waals surface area contributed by atoms with E-state index in [0.29, 0.717) is 0 Å². The number of ether oxygens (including phenoxy) is 2. The summed E-state index contributed by atoms with van der Waals surface area (Å²) in [5, 5.41) is 8.32. The van der Waals surface area contributed by atoms with Crippen LogP contribution in [-0.4, -0.2) is 66.0 Å². The van der Waals surface area contributed by atoms with Gasteiger partial charge in [-0.2, -0.15) is 9.61 Å². The van der Waals surface area contributed by atoms with Crippen LogP contribution in [0.4, 0.5) is 5.82 Å². The van der Waals surface area contributed by atoms with E-state index in [1.807, 2.05) is 47.8 Å². The highest BCUT2D eigenvalue weighted by atomic mass is 16.5. The molecule has 7 heteroatoms. The molecule has 1 saturated heterocycles. The average molecular weight is 381 g/mol. The number of fused-ring (bicyclic) bond motifs is 1. The number of aromatic nitrogens is 3. The van der Waals surface area contributed by atoms with Gasteiger partial charge < -0.3 is 14.8 Å². The van der Waals surface area contributed by atoms with Crippen LogP contribution in [0, 0.1) is 6.92 Å². The Bertz CT molecular complexity index is 934. The summed E-state index contributed by atoms with van der Waals surface area (Å²) < 4.78 is 12.8. The third-order valence-corrected chi connectivity index (χ3v) is 5.00. The molecular weight excluding hydrogens is 354 g/mol. The smallest absolute Gasteiger partial charge is 0.158 e. The van der Waals surface area contributed by atoms with Crippen LogP contribution in [0.25, 0.3) is 16.9 Å². The lowest BCUT2D eigenvalue weighted by Gasteiger charge is -2.26. The molecule has 1 aliphatic heterocycles. The number of morpholine rings is 1. The zero-order chi connectivity index (χ0) is 19.3.